The van der Waals surface area contributed by atoms with Gasteiger partial charge in [-0.3, -0.25) is 9.48 Å². The second-order valence-electron chi connectivity index (χ2n) is 8.60. The van der Waals surface area contributed by atoms with Crippen molar-refractivity contribution in [3.05, 3.63) is 41.7 Å². The fourth-order valence-corrected chi connectivity index (χ4v) is 3.65. The van der Waals surface area contributed by atoms with Gasteiger partial charge in [-0.2, -0.15) is 5.10 Å². The van der Waals surface area contributed by atoms with Gasteiger partial charge in [0, 0.05) is 26.0 Å². The van der Waals surface area contributed by atoms with Gasteiger partial charge in [0.25, 0.3) is 5.91 Å². The Kier molecular flexibility index (Phi) is 4.55. The normalized spacial score (nSPS) is 17.4. The van der Waals surface area contributed by atoms with Crippen molar-refractivity contribution in [2.45, 2.75) is 57.8 Å². The first-order valence-corrected chi connectivity index (χ1v) is 9.79. The molecule has 2 aromatic rings. The Hall–Kier alpha value is -2.97. The Morgan fingerprint density at radius 3 is 2.48 bits per heavy atom. The van der Waals surface area contributed by atoms with Crippen molar-refractivity contribution in [2.24, 2.45) is 0 Å². The predicted octanol–water partition coefficient (Wildman–Crippen LogP) is 2.19. The smallest absolute Gasteiger partial charge is 0.410 e. The molecule has 9 heteroatoms. The monoisotopic (exact) mass is 398 g/mol. The van der Waals surface area contributed by atoms with E-state index in [1.54, 1.807) is 46.2 Å². The summed E-state index contributed by atoms with van der Waals surface area (Å²) in [6.07, 6.45) is 6.25. The lowest BCUT2D eigenvalue weighted by molar-refractivity contribution is 0.0192. The topological polar surface area (TPSA) is 93.5 Å². The van der Waals surface area contributed by atoms with Gasteiger partial charge in [-0.25, -0.2) is 14.8 Å². The fraction of sp³-hybridized carbons (Fsp3) is 0.550. The first-order chi connectivity index (χ1) is 13.7. The Labute approximate surface area is 169 Å². The third-order valence-corrected chi connectivity index (χ3v) is 5.41. The van der Waals surface area contributed by atoms with E-state index in [2.05, 4.69) is 15.1 Å². The SMILES string of the molecule is CN(C(=O)c1cnn2c1CN(C(=O)OC(C)(C)C)CC2)C1(c2ncccn2)CC1. The molecule has 29 heavy (non-hydrogen) atoms. The van der Waals surface area contributed by atoms with Crippen molar-refractivity contribution in [1.82, 2.24) is 29.5 Å². The zero-order chi connectivity index (χ0) is 20.8. The highest BCUT2D eigenvalue weighted by Gasteiger charge is 2.53. The molecule has 1 fully saturated rings. The Balaban J connectivity index is 1.55. The zero-order valence-corrected chi connectivity index (χ0v) is 17.3. The molecule has 2 aliphatic rings. The Bertz CT molecular complexity index is 929. The quantitative estimate of drug-likeness (QED) is 0.787. The largest absolute Gasteiger partial charge is 0.444 e. The van der Waals surface area contributed by atoms with Crippen LogP contribution in [0.1, 0.15) is 55.5 Å². The van der Waals surface area contributed by atoms with E-state index in [1.807, 2.05) is 20.8 Å². The van der Waals surface area contributed by atoms with Crippen LogP contribution >= 0.6 is 0 Å². The van der Waals surface area contributed by atoms with Crippen LogP contribution in [0.3, 0.4) is 0 Å². The standard InChI is InChI=1S/C20H26N6O3/c1-19(2,3)29-18(28)25-10-11-26-15(13-25)14(12-23-26)16(27)24(4)20(6-7-20)17-21-8-5-9-22-17/h5,8-9,12H,6-7,10-11,13H2,1-4H3. The summed E-state index contributed by atoms with van der Waals surface area (Å²) in [5.41, 5.74) is 0.195. The fourth-order valence-electron chi connectivity index (χ4n) is 3.65. The summed E-state index contributed by atoms with van der Waals surface area (Å²) >= 11 is 0. The zero-order valence-electron chi connectivity index (χ0n) is 17.3. The molecule has 0 spiro atoms. The van der Waals surface area contributed by atoms with Crippen molar-refractivity contribution < 1.29 is 14.3 Å². The molecular formula is C20H26N6O3. The lowest BCUT2D eigenvalue weighted by atomic mass is 10.1. The van der Waals surface area contributed by atoms with Crippen LogP contribution in [0.25, 0.3) is 0 Å². The van der Waals surface area contributed by atoms with Crippen molar-refractivity contribution >= 4 is 12.0 Å². The molecular weight excluding hydrogens is 372 g/mol. The van der Waals surface area contributed by atoms with Gasteiger partial charge in [0.05, 0.1) is 30.5 Å². The van der Waals surface area contributed by atoms with E-state index in [9.17, 15) is 9.59 Å². The summed E-state index contributed by atoms with van der Waals surface area (Å²) in [6, 6.07) is 1.76. The van der Waals surface area contributed by atoms with Crippen LogP contribution < -0.4 is 0 Å². The maximum absolute atomic E-state index is 13.3. The minimum absolute atomic E-state index is 0.137. The van der Waals surface area contributed by atoms with Crippen LogP contribution in [0, 0.1) is 0 Å². The first-order valence-electron chi connectivity index (χ1n) is 9.79. The highest BCUT2D eigenvalue weighted by Crippen LogP contribution is 2.49. The van der Waals surface area contributed by atoms with E-state index in [-0.39, 0.29) is 12.0 Å². The second-order valence-corrected chi connectivity index (χ2v) is 8.60. The molecule has 0 saturated heterocycles. The minimum Gasteiger partial charge on any atom is -0.444 e. The van der Waals surface area contributed by atoms with Gasteiger partial charge in [0.2, 0.25) is 0 Å². The molecule has 0 atom stereocenters. The summed E-state index contributed by atoms with van der Waals surface area (Å²) in [4.78, 5) is 37.9. The van der Waals surface area contributed by atoms with Gasteiger partial charge in [-0.1, -0.05) is 0 Å². The van der Waals surface area contributed by atoms with E-state index < -0.39 is 11.1 Å². The number of carbonyl (C=O) groups is 2. The number of hydrogen-bond donors (Lipinski definition) is 0. The molecule has 1 saturated carbocycles. The highest BCUT2D eigenvalue weighted by atomic mass is 16.6. The van der Waals surface area contributed by atoms with Crippen LogP contribution in [0.15, 0.2) is 24.7 Å². The van der Waals surface area contributed by atoms with Gasteiger partial charge < -0.3 is 14.5 Å². The third kappa shape index (κ3) is 3.56. The number of rotatable bonds is 3. The molecule has 1 aliphatic heterocycles. The van der Waals surface area contributed by atoms with E-state index in [1.165, 1.54) is 0 Å². The summed E-state index contributed by atoms with van der Waals surface area (Å²) < 4.78 is 7.28. The third-order valence-electron chi connectivity index (χ3n) is 5.41. The van der Waals surface area contributed by atoms with Crippen molar-refractivity contribution in [3.63, 3.8) is 0 Å². The molecule has 0 aromatic carbocycles. The van der Waals surface area contributed by atoms with Crippen LogP contribution in [-0.4, -0.2) is 60.7 Å². The van der Waals surface area contributed by atoms with Crippen LogP contribution in [0.4, 0.5) is 4.79 Å². The second kappa shape index (κ2) is 6.82. The van der Waals surface area contributed by atoms with Gasteiger partial charge in [-0.05, 0) is 39.7 Å². The van der Waals surface area contributed by atoms with E-state index in [0.717, 1.165) is 18.5 Å². The molecule has 154 valence electrons. The molecule has 0 N–H and O–H groups in total. The predicted molar refractivity (Wildman–Crippen MR) is 104 cm³/mol. The number of fused-ring (bicyclic) bond motifs is 1. The number of aromatic nitrogens is 4. The Morgan fingerprint density at radius 1 is 1.17 bits per heavy atom. The average molecular weight is 398 g/mol. The maximum Gasteiger partial charge on any atom is 0.410 e. The van der Waals surface area contributed by atoms with Crippen LogP contribution in [-0.2, 0) is 23.4 Å². The van der Waals surface area contributed by atoms with Gasteiger partial charge in [-0.15, -0.1) is 0 Å². The first kappa shape index (κ1) is 19.4. The number of amides is 2. The lowest BCUT2D eigenvalue weighted by Crippen LogP contribution is -2.43. The number of carbonyl (C=O) groups excluding carboxylic acids is 2. The Morgan fingerprint density at radius 2 is 1.86 bits per heavy atom. The molecule has 2 aromatic heterocycles. The average Bonchev–Trinajstić information content (AvgIpc) is 3.39. The molecule has 0 radical (unpaired) electrons. The maximum atomic E-state index is 13.3. The summed E-state index contributed by atoms with van der Waals surface area (Å²) in [5, 5.41) is 4.36. The van der Waals surface area contributed by atoms with Gasteiger partial charge >= 0.3 is 6.09 Å². The van der Waals surface area contributed by atoms with Crippen molar-refractivity contribution in [3.8, 4) is 0 Å². The molecule has 4 rings (SSSR count). The summed E-state index contributed by atoms with van der Waals surface area (Å²) in [5.74, 6) is 0.523. The van der Waals surface area contributed by atoms with Crippen LogP contribution in [0.5, 0.6) is 0 Å². The van der Waals surface area contributed by atoms with Crippen molar-refractivity contribution in [1.29, 1.82) is 0 Å². The molecule has 9 nitrogen and oxygen atoms in total. The lowest BCUT2D eigenvalue weighted by Gasteiger charge is -2.31. The van der Waals surface area contributed by atoms with Gasteiger partial charge in [0.1, 0.15) is 11.1 Å². The molecule has 0 unspecified atom stereocenters. The number of hydrogen-bond acceptors (Lipinski definition) is 6. The van der Waals surface area contributed by atoms with E-state index in [0.29, 0.717) is 31.0 Å². The van der Waals surface area contributed by atoms with E-state index >= 15 is 0 Å². The minimum atomic E-state index is -0.568. The molecule has 0 bridgehead atoms. The van der Waals surface area contributed by atoms with Crippen LogP contribution in [0.2, 0.25) is 0 Å². The van der Waals surface area contributed by atoms with Gasteiger partial charge in [0.15, 0.2) is 5.82 Å². The summed E-state index contributed by atoms with van der Waals surface area (Å²) in [6.45, 7) is 6.82. The molecule has 2 amide bonds. The highest BCUT2D eigenvalue weighted by molar-refractivity contribution is 5.96. The number of ether oxygens (including phenoxy) is 1. The molecule has 1 aliphatic carbocycles. The van der Waals surface area contributed by atoms with E-state index in [4.69, 9.17) is 4.74 Å². The summed E-state index contributed by atoms with van der Waals surface area (Å²) in [7, 11) is 1.78. The molecule has 3 heterocycles. The number of nitrogens with zero attached hydrogens (tertiary/aromatic N) is 6. The van der Waals surface area contributed by atoms with Crippen molar-refractivity contribution in [2.75, 3.05) is 13.6 Å².